The Balaban J connectivity index is 0.000000234. The molecule has 8 aromatic rings. The minimum absolute atomic E-state index is 0.0139. The van der Waals surface area contributed by atoms with Gasteiger partial charge in [0.2, 0.25) is 34.8 Å². The molecule has 8 heterocycles. The van der Waals surface area contributed by atoms with Gasteiger partial charge in [-0.15, -0.1) is 0 Å². The van der Waals surface area contributed by atoms with Crippen LogP contribution in [-0.2, 0) is 0 Å². The number of nitriles is 3. The number of nitrogens with zero attached hydrogens (tertiary/aromatic N) is 14. The van der Waals surface area contributed by atoms with Gasteiger partial charge >= 0.3 is 12.1 Å². The van der Waals surface area contributed by atoms with Crippen molar-refractivity contribution in [2.75, 3.05) is 6.54 Å². The van der Waals surface area contributed by atoms with Gasteiger partial charge in [0, 0.05) is 45.2 Å². The summed E-state index contributed by atoms with van der Waals surface area (Å²) in [4.78, 5) is 32.2. The second kappa shape index (κ2) is 23.1. The van der Waals surface area contributed by atoms with Gasteiger partial charge in [0.15, 0.2) is 46.5 Å². The van der Waals surface area contributed by atoms with Crippen LogP contribution in [0.5, 0.6) is 0 Å². The zero-order valence-corrected chi connectivity index (χ0v) is 39.9. The molecule has 0 aliphatic carbocycles. The van der Waals surface area contributed by atoms with Gasteiger partial charge in [0.1, 0.15) is 28.8 Å². The van der Waals surface area contributed by atoms with Crippen molar-refractivity contribution in [3.63, 3.8) is 0 Å². The lowest BCUT2D eigenvalue weighted by atomic mass is 10.1. The maximum Gasteiger partial charge on any atom is 0.553 e. The zero-order chi connectivity index (χ0) is 57.1. The van der Waals surface area contributed by atoms with Crippen molar-refractivity contribution in [3.8, 4) is 86.3 Å². The highest BCUT2D eigenvalue weighted by Gasteiger charge is 2.40. The Labute approximate surface area is 439 Å². The van der Waals surface area contributed by atoms with Crippen LogP contribution in [0.15, 0.2) is 17.7 Å². The first-order valence-corrected chi connectivity index (χ1v) is 21.0. The number of hydrogen-bond donors (Lipinski definition) is 0. The van der Waals surface area contributed by atoms with Crippen molar-refractivity contribution in [2.45, 2.75) is 12.1 Å². The molecule has 0 aromatic carbocycles. The molecule has 388 valence electrons. The molecular formula is C41H4F16I2N14O4. The monoisotopic (exact) mass is 1310 g/mol. The smallest absolute Gasteiger partial charge is 0.434 e. The van der Waals surface area contributed by atoms with Crippen molar-refractivity contribution in [1.29, 1.82) is 15.8 Å². The van der Waals surface area contributed by atoms with E-state index in [-0.39, 0.29) is 14.3 Å². The summed E-state index contributed by atoms with van der Waals surface area (Å²) in [5.74, 6) is -41.7. The van der Waals surface area contributed by atoms with E-state index in [1.807, 2.05) is 0 Å². The van der Waals surface area contributed by atoms with Gasteiger partial charge in [-0.2, -0.15) is 75.8 Å². The molecule has 0 atom stereocenters. The average molecular weight is 1310 g/mol. The normalized spacial score (nSPS) is 10.7. The highest BCUT2D eigenvalue weighted by Crippen LogP contribution is 2.46. The summed E-state index contributed by atoms with van der Waals surface area (Å²) in [5, 5.41) is 26.0. The van der Waals surface area contributed by atoms with Crippen molar-refractivity contribution in [3.05, 3.63) is 148 Å². The number of halogens is 18. The van der Waals surface area contributed by atoms with E-state index in [1.165, 1.54) is 57.3 Å². The van der Waals surface area contributed by atoms with Crippen molar-refractivity contribution >= 4 is 45.2 Å². The van der Waals surface area contributed by atoms with E-state index < -0.39 is 186 Å². The molecule has 0 saturated carbocycles. The molecule has 0 radical (unpaired) electrons. The second-order valence-corrected chi connectivity index (χ2v) is 15.2. The van der Waals surface area contributed by atoms with Crippen molar-refractivity contribution in [2.24, 2.45) is 0 Å². The van der Waals surface area contributed by atoms with Crippen LogP contribution in [0.3, 0.4) is 0 Å². The van der Waals surface area contributed by atoms with Gasteiger partial charge < -0.3 is 22.5 Å². The number of aromatic nitrogens is 8. The van der Waals surface area contributed by atoms with Gasteiger partial charge in [-0.25, -0.2) is 79.5 Å². The molecule has 8 aromatic heterocycles. The summed E-state index contributed by atoms with van der Waals surface area (Å²) in [6.07, 6.45) is -2.00. The Kier molecular flexibility index (Phi) is 17.1. The van der Waals surface area contributed by atoms with Crippen LogP contribution in [-0.4, -0.2) is 46.4 Å². The fourth-order valence-electron chi connectivity index (χ4n) is 5.88. The predicted molar refractivity (Wildman–Crippen MR) is 229 cm³/mol. The van der Waals surface area contributed by atoms with Gasteiger partial charge in [-0.1, -0.05) is 0 Å². The van der Waals surface area contributed by atoms with E-state index >= 15 is 0 Å². The first-order chi connectivity index (χ1) is 36.4. The third kappa shape index (κ3) is 10.8. The number of oxazole rings is 4. The second-order valence-electron chi connectivity index (χ2n) is 13.3. The molecule has 0 spiro atoms. The third-order valence-electron chi connectivity index (χ3n) is 8.96. The molecule has 0 saturated heterocycles. The Morgan fingerprint density at radius 2 is 0.662 bits per heavy atom. The van der Waals surface area contributed by atoms with Gasteiger partial charge in [0.05, 0.1) is 34.4 Å². The van der Waals surface area contributed by atoms with Crippen molar-refractivity contribution < 1.29 is 87.9 Å². The zero-order valence-electron chi connectivity index (χ0n) is 35.6. The molecule has 0 bridgehead atoms. The van der Waals surface area contributed by atoms with Crippen LogP contribution in [0, 0.1) is 156 Å². The SMILES string of the molecule is Fc1nc(F)c(F)c(-c2nc(I)oc2-c2oc(I)nc2-c2c(F)c(F)nc(F)c2F)c1F.[C-]#[N+]C([N+]#[C-])c1nc(-c2c(F)c(F)nc(F)c2F)c(-c2oc(C(C#N)C#N)nc2-c2c(F)c(F)nc(F)c2F)o1.[C-]#[N+]CC#N. The number of rotatable bonds is 8. The Hall–Kier alpha value is -9.28. The van der Waals surface area contributed by atoms with Crippen molar-refractivity contribution in [1.82, 2.24) is 39.9 Å². The van der Waals surface area contributed by atoms with E-state index in [4.69, 9.17) is 42.6 Å². The van der Waals surface area contributed by atoms with E-state index in [9.17, 15) is 80.8 Å². The maximum absolute atomic E-state index is 14.7. The largest absolute Gasteiger partial charge is 0.553 e. The van der Waals surface area contributed by atoms with Gasteiger partial charge in [-0.05, 0) is 0 Å². The van der Waals surface area contributed by atoms with E-state index in [1.54, 1.807) is 6.07 Å². The van der Waals surface area contributed by atoms with E-state index in [2.05, 4.69) is 54.4 Å². The van der Waals surface area contributed by atoms with Crippen LogP contribution < -0.4 is 0 Å². The molecule has 0 fully saturated rings. The van der Waals surface area contributed by atoms with Crippen LogP contribution in [0.1, 0.15) is 23.9 Å². The molecule has 36 heteroatoms. The molecule has 8 rings (SSSR count). The Bertz CT molecular complexity index is 3610. The molecule has 0 unspecified atom stereocenters. The minimum atomic E-state index is -2.21. The third-order valence-corrected chi connectivity index (χ3v) is 9.88. The molecule has 0 aliphatic heterocycles. The van der Waals surface area contributed by atoms with Crippen LogP contribution in [0.4, 0.5) is 70.2 Å². The maximum atomic E-state index is 14.7. The summed E-state index contributed by atoms with van der Waals surface area (Å²) in [6.45, 7) is 20.1. The molecule has 77 heavy (non-hydrogen) atoms. The van der Waals surface area contributed by atoms with Gasteiger partial charge in [-0.3, -0.25) is 0 Å². The highest BCUT2D eigenvalue weighted by molar-refractivity contribution is 14.1. The lowest BCUT2D eigenvalue weighted by Crippen LogP contribution is -2.05. The fraction of sp³-hybridized carbons (Fsp3) is 0.0732. The quantitative estimate of drug-likeness (QED) is 0.0452. The Morgan fingerprint density at radius 1 is 0.403 bits per heavy atom. The topological polar surface area (TPSA) is 240 Å². The highest BCUT2D eigenvalue weighted by atomic mass is 127. The summed E-state index contributed by atoms with van der Waals surface area (Å²) < 4.78 is 246. The summed E-state index contributed by atoms with van der Waals surface area (Å²) in [5.41, 5.74) is -10.6. The fourth-order valence-corrected chi connectivity index (χ4v) is 6.81. The number of pyridine rings is 4. The van der Waals surface area contributed by atoms with E-state index in [0.29, 0.717) is 0 Å². The van der Waals surface area contributed by atoms with Gasteiger partial charge in [0.25, 0.3) is 61.9 Å². The molecular weight excluding hydrogens is 1310 g/mol. The van der Waals surface area contributed by atoms with Crippen LogP contribution in [0.25, 0.3) is 82.6 Å². The summed E-state index contributed by atoms with van der Waals surface area (Å²) in [7, 11) is 0. The molecule has 0 N–H and O–H groups in total. The standard InChI is InChI=1S/C22H2F8N8O2.C16F8I2N4O2.C3H2N2/c1-33-20(34-2)22-36-13(7-10(25)18(29)38-19(30)11(7)26)15(40-22)14-12(35-21(39-14)5(3-31)4-32)6-8(23)16(27)37-17(28)9(6)24;17-3-1(4(18)12(22)29-11(3)21)7-9(31-15(25)27-7)10-8(28-16(26)32-10)2-5(19)13(23)30-14(24)6(2)20;1-5-3-2-4/h5,20H;;3H2. The minimum Gasteiger partial charge on any atom is -0.434 e. The van der Waals surface area contributed by atoms with Crippen LogP contribution >= 0.6 is 45.2 Å². The Morgan fingerprint density at radius 3 is 0.909 bits per heavy atom. The summed E-state index contributed by atoms with van der Waals surface area (Å²) >= 11 is 2.82. The first-order valence-electron chi connectivity index (χ1n) is 18.8. The predicted octanol–water partition coefficient (Wildman–Crippen LogP) is 11.7. The number of hydrogen-bond acceptors (Lipinski definition) is 15. The average Bonchev–Trinajstić information content (AvgIpc) is 4.19. The molecule has 18 nitrogen and oxygen atoms in total. The lowest BCUT2D eigenvalue weighted by Gasteiger charge is -2.07. The van der Waals surface area contributed by atoms with Crippen LogP contribution in [0.2, 0.25) is 0 Å². The first kappa shape index (κ1) is 57.0. The summed E-state index contributed by atoms with van der Waals surface area (Å²) in [6, 6.07) is 4.40. The molecule has 0 amide bonds. The lowest BCUT2D eigenvalue weighted by molar-refractivity contribution is 0.410. The van der Waals surface area contributed by atoms with E-state index in [0.717, 1.165) is 0 Å². The molecule has 0 aliphatic rings.